The topological polar surface area (TPSA) is 47.3 Å². The number of benzene rings is 1. The zero-order chi connectivity index (χ0) is 13.0. The Kier molecular flexibility index (Phi) is 4.00. The first-order valence-corrected chi connectivity index (χ1v) is 6.95. The zero-order valence-electron chi connectivity index (χ0n) is 11.5. The zero-order valence-corrected chi connectivity index (χ0v) is 11.5. The Hall–Kier alpha value is -1.38. The van der Waals surface area contributed by atoms with Gasteiger partial charge in [0.25, 0.3) is 0 Å². The normalized spacial score (nSPS) is 16.3. The number of hydrogen-bond acceptors (Lipinski definition) is 3. The third kappa shape index (κ3) is 3.31. The lowest BCUT2D eigenvalue weighted by molar-refractivity contribution is 0.340. The van der Waals surface area contributed by atoms with Crippen LogP contribution < -0.4 is 15.8 Å². The number of ether oxygens (including phenoxy) is 1. The molecule has 3 heteroatoms. The van der Waals surface area contributed by atoms with Gasteiger partial charge < -0.3 is 15.8 Å². The smallest absolute Gasteiger partial charge is 0.123 e. The predicted octanol–water partition coefficient (Wildman–Crippen LogP) is 3.66. The van der Waals surface area contributed by atoms with E-state index >= 15 is 0 Å². The molecule has 0 saturated heterocycles. The van der Waals surface area contributed by atoms with Crippen LogP contribution in [0.25, 0.3) is 0 Å². The van der Waals surface area contributed by atoms with Crippen molar-refractivity contribution >= 4 is 11.4 Å². The maximum Gasteiger partial charge on any atom is 0.123 e. The maximum absolute atomic E-state index is 5.88. The number of rotatable bonds is 7. The Balaban J connectivity index is 1.96. The van der Waals surface area contributed by atoms with E-state index in [0.29, 0.717) is 12.0 Å². The van der Waals surface area contributed by atoms with E-state index in [1.807, 2.05) is 25.1 Å². The lowest BCUT2D eigenvalue weighted by Crippen LogP contribution is -2.15. The van der Waals surface area contributed by atoms with Crippen molar-refractivity contribution in [2.24, 2.45) is 5.41 Å². The summed E-state index contributed by atoms with van der Waals surface area (Å²) in [5, 5.41) is 3.51. The van der Waals surface area contributed by atoms with Crippen molar-refractivity contribution in [3.8, 4) is 5.75 Å². The minimum Gasteiger partial charge on any atom is -0.494 e. The third-order valence-corrected chi connectivity index (χ3v) is 3.64. The van der Waals surface area contributed by atoms with Gasteiger partial charge in [0.15, 0.2) is 0 Å². The Morgan fingerprint density at radius 3 is 2.67 bits per heavy atom. The molecule has 0 heterocycles. The summed E-state index contributed by atoms with van der Waals surface area (Å²) in [7, 11) is 0. The first-order valence-electron chi connectivity index (χ1n) is 6.95. The van der Waals surface area contributed by atoms with Gasteiger partial charge in [-0.15, -0.1) is 0 Å². The van der Waals surface area contributed by atoms with E-state index in [4.69, 9.17) is 10.5 Å². The summed E-state index contributed by atoms with van der Waals surface area (Å²) in [6.45, 7) is 5.96. The highest BCUT2D eigenvalue weighted by molar-refractivity contribution is 5.59. The summed E-state index contributed by atoms with van der Waals surface area (Å²) in [6, 6.07) is 5.88. The van der Waals surface area contributed by atoms with Crippen LogP contribution in [0.1, 0.15) is 39.5 Å². The van der Waals surface area contributed by atoms with Gasteiger partial charge in [0, 0.05) is 30.1 Å². The molecule has 2 rings (SSSR count). The molecule has 3 N–H and O–H groups in total. The monoisotopic (exact) mass is 248 g/mol. The van der Waals surface area contributed by atoms with Crippen molar-refractivity contribution in [2.45, 2.75) is 39.5 Å². The molecule has 0 amide bonds. The van der Waals surface area contributed by atoms with Crippen molar-refractivity contribution in [2.75, 3.05) is 24.2 Å². The SMILES string of the molecule is CCCC1(CNc2cc(N)cc(OCC)c2)CC1. The van der Waals surface area contributed by atoms with E-state index in [2.05, 4.69) is 12.2 Å². The van der Waals surface area contributed by atoms with Gasteiger partial charge in [0.2, 0.25) is 0 Å². The fraction of sp³-hybridized carbons (Fsp3) is 0.600. The van der Waals surface area contributed by atoms with Crippen molar-refractivity contribution in [3.05, 3.63) is 18.2 Å². The lowest BCUT2D eigenvalue weighted by atomic mass is 10.0. The summed E-state index contributed by atoms with van der Waals surface area (Å²) in [6.07, 6.45) is 5.30. The molecular weight excluding hydrogens is 224 g/mol. The molecule has 3 nitrogen and oxygen atoms in total. The first kappa shape index (κ1) is 13.1. The van der Waals surface area contributed by atoms with Gasteiger partial charge in [-0.2, -0.15) is 0 Å². The van der Waals surface area contributed by atoms with Crippen LogP contribution in [-0.4, -0.2) is 13.2 Å². The number of nitrogens with one attached hydrogen (secondary N) is 1. The van der Waals surface area contributed by atoms with E-state index in [1.54, 1.807) is 0 Å². The number of hydrogen-bond donors (Lipinski definition) is 2. The Morgan fingerprint density at radius 2 is 2.06 bits per heavy atom. The first-order chi connectivity index (χ1) is 8.67. The van der Waals surface area contributed by atoms with Crippen molar-refractivity contribution in [1.29, 1.82) is 0 Å². The van der Waals surface area contributed by atoms with Crippen molar-refractivity contribution in [3.63, 3.8) is 0 Å². The highest BCUT2D eigenvalue weighted by Gasteiger charge is 2.40. The second-order valence-corrected chi connectivity index (χ2v) is 5.33. The van der Waals surface area contributed by atoms with Crippen LogP contribution in [0.2, 0.25) is 0 Å². The van der Waals surface area contributed by atoms with Crippen LogP contribution in [-0.2, 0) is 0 Å². The van der Waals surface area contributed by atoms with E-state index in [1.165, 1.54) is 25.7 Å². The molecule has 18 heavy (non-hydrogen) atoms. The number of nitrogens with two attached hydrogens (primary N) is 1. The molecule has 0 aliphatic heterocycles. The number of nitrogen functional groups attached to an aromatic ring is 1. The van der Waals surface area contributed by atoms with Crippen LogP contribution in [0, 0.1) is 5.41 Å². The summed E-state index contributed by atoms with van der Waals surface area (Å²) < 4.78 is 5.50. The van der Waals surface area contributed by atoms with Gasteiger partial charge in [-0.1, -0.05) is 13.3 Å². The predicted molar refractivity (Wildman–Crippen MR) is 77.1 cm³/mol. The molecule has 1 saturated carbocycles. The third-order valence-electron chi connectivity index (χ3n) is 3.64. The average Bonchev–Trinajstić information content (AvgIpc) is 3.07. The summed E-state index contributed by atoms with van der Waals surface area (Å²) in [4.78, 5) is 0. The van der Waals surface area contributed by atoms with E-state index in [0.717, 1.165) is 23.7 Å². The van der Waals surface area contributed by atoms with Gasteiger partial charge >= 0.3 is 0 Å². The summed E-state index contributed by atoms with van der Waals surface area (Å²) in [5.74, 6) is 0.848. The second kappa shape index (κ2) is 5.51. The summed E-state index contributed by atoms with van der Waals surface area (Å²) >= 11 is 0. The summed E-state index contributed by atoms with van der Waals surface area (Å²) in [5.41, 5.74) is 8.25. The molecule has 0 radical (unpaired) electrons. The van der Waals surface area contributed by atoms with Crippen LogP contribution in [0.15, 0.2) is 18.2 Å². The molecule has 0 unspecified atom stereocenters. The molecule has 0 atom stereocenters. The fourth-order valence-electron chi connectivity index (χ4n) is 2.49. The highest BCUT2D eigenvalue weighted by atomic mass is 16.5. The molecule has 1 fully saturated rings. The fourth-order valence-corrected chi connectivity index (χ4v) is 2.49. The average molecular weight is 248 g/mol. The minimum atomic E-state index is 0.547. The maximum atomic E-state index is 5.88. The Labute approximate surface area is 110 Å². The Morgan fingerprint density at radius 1 is 1.28 bits per heavy atom. The largest absolute Gasteiger partial charge is 0.494 e. The molecule has 0 aromatic heterocycles. The molecule has 1 aliphatic carbocycles. The van der Waals surface area contributed by atoms with Gasteiger partial charge in [0.1, 0.15) is 5.75 Å². The van der Waals surface area contributed by atoms with E-state index < -0.39 is 0 Å². The molecule has 100 valence electrons. The Bertz CT molecular complexity index is 399. The molecular formula is C15H24N2O. The standard InChI is InChI=1S/C15H24N2O/c1-3-5-15(6-7-15)11-17-13-8-12(16)9-14(10-13)18-4-2/h8-10,17H,3-7,11,16H2,1-2H3. The van der Waals surface area contributed by atoms with Crippen molar-refractivity contribution in [1.82, 2.24) is 0 Å². The van der Waals surface area contributed by atoms with Crippen LogP contribution in [0.3, 0.4) is 0 Å². The van der Waals surface area contributed by atoms with Gasteiger partial charge in [-0.25, -0.2) is 0 Å². The molecule has 1 aliphatic rings. The molecule has 0 bridgehead atoms. The second-order valence-electron chi connectivity index (χ2n) is 5.33. The molecule has 1 aromatic carbocycles. The minimum absolute atomic E-state index is 0.547. The van der Waals surface area contributed by atoms with Crippen LogP contribution in [0.4, 0.5) is 11.4 Å². The van der Waals surface area contributed by atoms with Gasteiger partial charge in [-0.3, -0.25) is 0 Å². The highest BCUT2D eigenvalue weighted by Crippen LogP contribution is 2.49. The van der Waals surface area contributed by atoms with Gasteiger partial charge in [0.05, 0.1) is 6.61 Å². The quantitative estimate of drug-likeness (QED) is 0.724. The van der Waals surface area contributed by atoms with Crippen LogP contribution >= 0.6 is 0 Å². The van der Waals surface area contributed by atoms with Crippen molar-refractivity contribution < 1.29 is 4.74 Å². The lowest BCUT2D eigenvalue weighted by Gasteiger charge is -2.17. The molecule has 1 aromatic rings. The molecule has 0 spiro atoms. The van der Waals surface area contributed by atoms with Crippen LogP contribution in [0.5, 0.6) is 5.75 Å². The van der Waals surface area contributed by atoms with Gasteiger partial charge in [-0.05, 0) is 37.7 Å². The van der Waals surface area contributed by atoms with E-state index in [-0.39, 0.29) is 0 Å². The van der Waals surface area contributed by atoms with E-state index in [9.17, 15) is 0 Å². The number of anilines is 2.